The molecule has 0 aromatic carbocycles. The molecule has 1 saturated carbocycles. The third-order valence-corrected chi connectivity index (χ3v) is 4.03. The van der Waals surface area contributed by atoms with E-state index in [0.717, 1.165) is 24.7 Å². The Balaban J connectivity index is 1.79. The zero-order valence-corrected chi connectivity index (χ0v) is 10.8. The Morgan fingerprint density at radius 1 is 1.35 bits per heavy atom. The summed E-state index contributed by atoms with van der Waals surface area (Å²) in [6, 6.07) is 1.85. The van der Waals surface area contributed by atoms with E-state index in [1.54, 1.807) is 0 Å². The molecule has 0 N–H and O–H groups in total. The first kappa shape index (κ1) is 11.2. The molecule has 17 heavy (non-hydrogen) atoms. The molecule has 0 amide bonds. The van der Waals surface area contributed by atoms with E-state index in [2.05, 4.69) is 14.9 Å². The highest BCUT2D eigenvalue weighted by Gasteiger charge is 2.47. The van der Waals surface area contributed by atoms with Crippen LogP contribution in [0.3, 0.4) is 0 Å². The van der Waals surface area contributed by atoms with Crippen LogP contribution >= 0.6 is 11.6 Å². The highest BCUT2D eigenvalue weighted by atomic mass is 35.5. The molecule has 2 atom stereocenters. The smallest absolute Gasteiger partial charge is 0.134 e. The van der Waals surface area contributed by atoms with Gasteiger partial charge < -0.3 is 9.64 Å². The Morgan fingerprint density at radius 3 is 2.65 bits per heavy atom. The van der Waals surface area contributed by atoms with Gasteiger partial charge in [-0.15, -0.1) is 0 Å². The molecular formula is C12H16ClN3O. The molecule has 4 nitrogen and oxygen atoms in total. The number of aryl methyl sites for hydroxylation is 1. The first-order valence-electron chi connectivity index (χ1n) is 5.96. The molecule has 2 bridgehead atoms. The summed E-state index contributed by atoms with van der Waals surface area (Å²) < 4.78 is 5.50. The van der Waals surface area contributed by atoms with Crippen molar-refractivity contribution in [3.8, 4) is 0 Å². The quantitative estimate of drug-likeness (QED) is 0.755. The van der Waals surface area contributed by atoms with Crippen LogP contribution in [0, 0.1) is 18.8 Å². The van der Waals surface area contributed by atoms with Crippen LogP contribution in [0.4, 0.5) is 5.82 Å². The molecule has 3 fully saturated rings. The number of fused-ring (bicyclic) bond motifs is 2. The van der Waals surface area contributed by atoms with Crippen LogP contribution in [-0.4, -0.2) is 36.3 Å². The maximum absolute atomic E-state index is 5.97. The van der Waals surface area contributed by atoms with E-state index in [0.29, 0.717) is 23.1 Å². The SMILES string of the molecule is COC1C2CC1CN(c1cc(Cl)nc(C)n1)C2. The largest absolute Gasteiger partial charge is 0.381 e. The number of hydrogen-bond acceptors (Lipinski definition) is 4. The third-order valence-electron chi connectivity index (χ3n) is 3.83. The second-order valence-electron chi connectivity index (χ2n) is 4.96. The van der Waals surface area contributed by atoms with Gasteiger partial charge in [0.05, 0.1) is 6.10 Å². The molecule has 3 aliphatic rings. The molecule has 92 valence electrons. The molecule has 1 aromatic heterocycles. The van der Waals surface area contributed by atoms with Crippen LogP contribution in [0.2, 0.25) is 5.15 Å². The van der Waals surface area contributed by atoms with Crippen LogP contribution in [0.1, 0.15) is 12.2 Å². The van der Waals surface area contributed by atoms with Gasteiger partial charge in [-0.25, -0.2) is 9.97 Å². The Hall–Kier alpha value is -0.870. The first-order chi connectivity index (χ1) is 8.17. The zero-order valence-electron chi connectivity index (χ0n) is 10.1. The number of hydrogen-bond donors (Lipinski definition) is 0. The van der Waals surface area contributed by atoms with Crippen molar-refractivity contribution in [2.45, 2.75) is 19.4 Å². The minimum absolute atomic E-state index is 0.449. The van der Waals surface area contributed by atoms with Gasteiger partial charge in [0, 0.05) is 38.1 Å². The van der Waals surface area contributed by atoms with Crippen molar-refractivity contribution in [2.75, 3.05) is 25.1 Å². The van der Waals surface area contributed by atoms with Gasteiger partial charge in [-0.05, 0) is 13.3 Å². The molecule has 2 saturated heterocycles. The second kappa shape index (κ2) is 4.10. The lowest BCUT2D eigenvalue weighted by molar-refractivity contribution is -0.0816. The molecule has 1 aromatic rings. The number of piperidine rings is 2. The summed E-state index contributed by atoms with van der Waals surface area (Å²) in [7, 11) is 1.81. The number of rotatable bonds is 2. The van der Waals surface area contributed by atoms with Gasteiger partial charge >= 0.3 is 0 Å². The lowest BCUT2D eigenvalue weighted by Gasteiger charge is -2.53. The van der Waals surface area contributed by atoms with Crippen molar-refractivity contribution in [1.82, 2.24) is 9.97 Å². The molecule has 3 heterocycles. The van der Waals surface area contributed by atoms with Gasteiger partial charge in [-0.2, -0.15) is 0 Å². The highest BCUT2D eigenvalue weighted by molar-refractivity contribution is 6.29. The van der Waals surface area contributed by atoms with Crippen LogP contribution in [0.15, 0.2) is 6.07 Å². The summed E-state index contributed by atoms with van der Waals surface area (Å²) in [6.07, 6.45) is 1.73. The van der Waals surface area contributed by atoms with Crippen LogP contribution < -0.4 is 4.90 Å². The predicted octanol–water partition coefficient (Wildman–Crippen LogP) is 1.91. The first-order valence-corrected chi connectivity index (χ1v) is 6.34. The molecule has 4 rings (SSSR count). The van der Waals surface area contributed by atoms with Gasteiger partial charge in [0.15, 0.2) is 0 Å². The van der Waals surface area contributed by atoms with E-state index in [-0.39, 0.29) is 0 Å². The number of aromatic nitrogens is 2. The number of nitrogens with zero attached hydrogens (tertiary/aromatic N) is 3. The summed E-state index contributed by atoms with van der Waals surface area (Å²) in [5, 5.41) is 0.523. The van der Waals surface area contributed by atoms with Crippen molar-refractivity contribution in [1.29, 1.82) is 0 Å². The lowest BCUT2D eigenvalue weighted by Crippen LogP contribution is -2.59. The minimum atomic E-state index is 0.449. The molecule has 2 aliphatic heterocycles. The topological polar surface area (TPSA) is 38.2 Å². The van der Waals surface area contributed by atoms with Crippen LogP contribution in [0.25, 0.3) is 0 Å². The van der Waals surface area contributed by atoms with E-state index in [4.69, 9.17) is 16.3 Å². The summed E-state index contributed by atoms with van der Waals surface area (Å²) in [5.41, 5.74) is 0. The standard InChI is InChI=1S/C12H16ClN3O/c1-7-14-10(13)4-11(15-7)16-5-8-3-9(6-16)12(8)17-2/h4,8-9,12H,3,5-6H2,1-2H3. The monoisotopic (exact) mass is 253 g/mol. The van der Waals surface area contributed by atoms with E-state index >= 15 is 0 Å². The summed E-state index contributed by atoms with van der Waals surface area (Å²) in [5.74, 6) is 2.97. The fraction of sp³-hybridized carbons (Fsp3) is 0.667. The van der Waals surface area contributed by atoms with Crippen LogP contribution in [0.5, 0.6) is 0 Å². The van der Waals surface area contributed by atoms with E-state index in [1.165, 1.54) is 6.42 Å². The van der Waals surface area contributed by atoms with Gasteiger partial charge in [0.1, 0.15) is 16.8 Å². The fourth-order valence-corrected chi connectivity index (χ4v) is 3.31. The van der Waals surface area contributed by atoms with Crippen molar-refractivity contribution in [2.24, 2.45) is 11.8 Å². The minimum Gasteiger partial charge on any atom is -0.381 e. The van der Waals surface area contributed by atoms with E-state index < -0.39 is 0 Å². The summed E-state index contributed by atoms with van der Waals surface area (Å²) in [4.78, 5) is 10.8. The van der Waals surface area contributed by atoms with Crippen LogP contribution in [-0.2, 0) is 4.74 Å². The van der Waals surface area contributed by atoms with Crippen molar-refractivity contribution in [3.05, 3.63) is 17.0 Å². The number of methoxy groups -OCH3 is 1. The molecule has 0 radical (unpaired) electrons. The molecule has 5 heteroatoms. The average molecular weight is 254 g/mol. The highest BCUT2D eigenvalue weighted by Crippen LogP contribution is 2.42. The Morgan fingerprint density at radius 2 is 2.06 bits per heavy atom. The Bertz CT molecular complexity index is 408. The molecule has 2 unspecified atom stereocenters. The van der Waals surface area contributed by atoms with Gasteiger partial charge in [-0.3, -0.25) is 0 Å². The Kier molecular flexibility index (Phi) is 2.71. The van der Waals surface area contributed by atoms with Crippen molar-refractivity contribution in [3.63, 3.8) is 0 Å². The zero-order chi connectivity index (χ0) is 12.0. The van der Waals surface area contributed by atoms with E-state index in [1.807, 2.05) is 20.1 Å². The molecule has 0 spiro atoms. The second-order valence-corrected chi connectivity index (χ2v) is 5.34. The average Bonchev–Trinajstić information content (AvgIpc) is 2.28. The fourth-order valence-electron chi connectivity index (χ4n) is 3.09. The number of ether oxygens (including phenoxy) is 1. The summed E-state index contributed by atoms with van der Waals surface area (Å²) >= 11 is 5.97. The predicted molar refractivity (Wildman–Crippen MR) is 66.4 cm³/mol. The third kappa shape index (κ3) is 1.89. The maximum Gasteiger partial charge on any atom is 0.134 e. The van der Waals surface area contributed by atoms with Gasteiger partial charge in [0.25, 0.3) is 0 Å². The maximum atomic E-state index is 5.97. The van der Waals surface area contributed by atoms with E-state index in [9.17, 15) is 0 Å². The lowest BCUT2D eigenvalue weighted by atomic mass is 9.68. The molecular weight excluding hydrogens is 238 g/mol. The normalized spacial score (nSPS) is 31.2. The number of halogens is 1. The Labute approximate surface area is 106 Å². The van der Waals surface area contributed by atoms with Gasteiger partial charge in [-0.1, -0.05) is 11.6 Å². The molecule has 1 aliphatic carbocycles. The van der Waals surface area contributed by atoms with Crippen molar-refractivity contribution < 1.29 is 4.74 Å². The number of anilines is 1. The summed E-state index contributed by atoms with van der Waals surface area (Å²) in [6.45, 7) is 3.90. The van der Waals surface area contributed by atoms with Gasteiger partial charge in [0.2, 0.25) is 0 Å². The van der Waals surface area contributed by atoms with Crippen molar-refractivity contribution >= 4 is 17.4 Å².